The van der Waals surface area contributed by atoms with Crippen LogP contribution in [0.2, 0.25) is 5.02 Å². The first-order valence-corrected chi connectivity index (χ1v) is 13.2. The van der Waals surface area contributed by atoms with Crippen molar-refractivity contribution in [2.45, 2.75) is 27.3 Å². The van der Waals surface area contributed by atoms with Gasteiger partial charge in [0, 0.05) is 19.6 Å². The molecule has 1 amide bonds. The van der Waals surface area contributed by atoms with Crippen LogP contribution in [0.4, 0.5) is 5.69 Å². The minimum Gasteiger partial charge on any atom is -0.358 e. The fourth-order valence-corrected chi connectivity index (χ4v) is 4.42. The Kier molecular flexibility index (Phi) is 8.51. The molecule has 3 rings (SSSR count). The van der Waals surface area contributed by atoms with Gasteiger partial charge in [-0.1, -0.05) is 49.7 Å². The zero-order valence-corrected chi connectivity index (χ0v) is 19.5. The molecule has 0 radical (unpaired) electrons. The van der Waals surface area contributed by atoms with E-state index in [1.54, 1.807) is 6.20 Å². The number of carbonyl (C=O) groups excluding carboxylic acids is 1. The third kappa shape index (κ3) is 5.21. The third-order valence-electron chi connectivity index (χ3n) is 4.26. The molecule has 2 aromatic rings. The number of benzene rings is 1. The lowest BCUT2D eigenvalue weighted by molar-refractivity contribution is -0.131. The van der Waals surface area contributed by atoms with Gasteiger partial charge in [-0.25, -0.2) is 4.45 Å². The monoisotopic (exact) mass is 520 g/mol. The van der Waals surface area contributed by atoms with Crippen LogP contribution in [0.1, 0.15) is 25.0 Å². The molecule has 0 bridgehead atoms. The van der Waals surface area contributed by atoms with Gasteiger partial charge in [0.1, 0.15) is 5.02 Å². The number of rotatable bonds is 4. The summed E-state index contributed by atoms with van der Waals surface area (Å²) in [6, 6.07) is 8.06. The molecule has 0 N–H and O–H groups in total. The molecule has 1 aromatic heterocycles. The van der Waals surface area contributed by atoms with Crippen molar-refractivity contribution in [2.75, 3.05) is 24.5 Å². The number of aromatic nitrogens is 2. The van der Waals surface area contributed by atoms with E-state index in [2.05, 4.69) is 27.1 Å². The van der Waals surface area contributed by atoms with Gasteiger partial charge in [-0.15, -0.1) is 0 Å². The van der Waals surface area contributed by atoms with Crippen molar-refractivity contribution in [3.05, 3.63) is 57.0 Å². The minimum absolute atomic E-state index is 0.0190. The van der Waals surface area contributed by atoms with Crippen molar-refractivity contribution in [1.29, 1.82) is 0 Å². The molecule has 146 valence electrons. The second-order valence-corrected chi connectivity index (χ2v) is 8.23. The van der Waals surface area contributed by atoms with Gasteiger partial charge in [0.25, 0.3) is 5.56 Å². The van der Waals surface area contributed by atoms with Crippen molar-refractivity contribution in [2.24, 2.45) is 0 Å². The van der Waals surface area contributed by atoms with Crippen LogP contribution in [0.25, 0.3) is 0 Å². The average molecular weight is 521 g/mol. The number of hydrogen-bond donors (Lipinski definition) is 0. The largest absolute Gasteiger partial charge is 0.358 e. The van der Waals surface area contributed by atoms with Gasteiger partial charge in [-0.05, 0) is 40.1 Å². The molecule has 1 fully saturated rings. The molecule has 0 saturated carbocycles. The van der Waals surface area contributed by atoms with E-state index in [4.69, 9.17) is 11.6 Å². The lowest BCUT2D eigenvalue weighted by Gasteiger charge is -2.36. The van der Waals surface area contributed by atoms with Crippen LogP contribution in [-0.4, -0.2) is 40.0 Å². The van der Waals surface area contributed by atoms with E-state index in [0.717, 1.165) is 5.56 Å². The topological polar surface area (TPSA) is 58.4 Å². The second kappa shape index (κ2) is 10.4. The van der Waals surface area contributed by atoms with Crippen LogP contribution in [0, 0.1) is 6.92 Å². The number of anilines is 1. The van der Waals surface area contributed by atoms with Crippen LogP contribution in [-0.2, 0) is 11.3 Å². The summed E-state index contributed by atoms with van der Waals surface area (Å²) >= 11 is 8.28. The van der Waals surface area contributed by atoms with Crippen LogP contribution in [0.5, 0.6) is 0 Å². The molecule has 0 aliphatic carbocycles. The summed E-state index contributed by atoms with van der Waals surface area (Å²) in [5, 5.41) is 4.24. The summed E-state index contributed by atoms with van der Waals surface area (Å²) in [5.41, 5.74) is 2.53. The Morgan fingerprint density at radius 2 is 1.93 bits per heavy atom. The Balaban J connectivity index is 0.00000126. The Labute approximate surface area is 179 Å². The fourth-order valence-electron chi connectivity index (χ4n) is 2.78. The van der Waals surface area contributed by atoms with E-state index < -0.39 is 0 Å². The molecule has 27 heavy (non-hydrogen) atoms. The quantitative estimate of drug-likeness (QED) is 0.454. The molecule has 1 atom stereocenters. The van der Waals surface area contributed by atoms with Crippen molar-refractivity contribution >= 4 is 51.6 Å². The maximum absolute atomic E-state index is 12.6. The summed E-state index contributed by atoms with van der Waals surface area (Å²) in [7, 11) is 0. The SMILES string of the molecule is CC.Cc1ccccc1CN1CCN(c2cnn(PI)c(=O)c2Cl)CC1=O. The number of carbonyl (C=O) groups is 1. The lowest BCUT2D eigenvalue weighted by Crippen LogP contribution is -2.50. The van der Waals surface area contributed by atoms with Gasteiger partial charge in [0.2, 0.25) is 5.91 Å². The average Bonchev–Trinajstić information content (AvgIpc) is 2.69. The first-order valence-electron chi connectivity index (χ1n) is 8.73. The molecule has 2 heterocycles. The minimum atomic E-state index is -0.318. The highest BCUT2D eigenvalue weighted by Gasteiger charge is 2.26. The lowest BCUT2D eigenvalue weighted by atomic mass is 10.1. The zero-order valence-electron chi connectivity index (χ0n) is 15.6. The fraction of sp³-hybridized carbons (Fsp3) is 0.389. The summed E-state index contributed by atoms with van der Waals surface area (Å²) in [6.45, 7) is 8.05. The first kappa shape index (κ1) is 22.1. The van der Waals surface area contributed by atoms with Gasteiger partial charge >= 0.3 is 0 Å². The molecule has 1 aliphatic rings. The van der Waals surface area contributed by atoms with E-state index in [-0.39, 0.29) is 29.4 Å². The third-order valence-corrected chi connectivity index (χ3v) is 6.47. The summed E-state index contributed by atoms with van der Waals surface area (Å²) in [5.74, 6) is 0.0190. The molecule has 6 nitrogen and oxygen atoms in total. The summed E-state index contributed by atoms with van der Waals surface area (Å²) < 4.78 is 1.32. The van der Waals surface area contributed by atoms with Crippen molar-refractivity contribution in [3.8, 4) is 0 Å². The van der Waals surface area contributed by atoms with Crippen LogP contribution >= 0.6 is 40.0 Å². The highest BCUT2D eigenvalue weighted by Crippen LogP contribution is 2.26. The number of aryl methyl sites for hydroxylation is 1. The maximum Gasteiger partial charge on any atom is 0.291 e. The van der Waals surface area contributed by atoms with Crippen molar-refractivity contribution < 1.29 is 4.79 Å². The van der Waals surface area contributed by atoms with Crippen LogP contribution in [0.15, 0.2) is 35.3 Å². The number of amides is 1. The smallest absolute Gasteiger partial charge is 0.291 e. The Hall–Kier alpha value is -1.18. The Morgan fingerprint density at radius 1 is 1.22 bits per heavy atom. The van der Waals surface area contributed by atoms with Crippen molar-refractivity contribution in [3.63, 3.8) is 0 Å². The van der Waals surface area contributed by atoms with Crippen molar-refractivity contribution in [1.82, 2.24) is 14.5 Å². The zero-order chi connectivity index (χ0) is 20.0. The number of piperazine rings is 1. The number of halogens is 2. The van der Waals surface area contributed by atoms with Gasteiger partial charge < -0.3 is 9.80 Å². The van der Waals surface area contributed by atoms with Gasteiger partial charge in [-0.3, -0.25) is 9.59 Å². The summed E-state index contributed by atoms with van der Waals surface area (Å²) in [6.07, 6.45) is 1.76. The molecular weight excluding hydrogens is 498 g/mol. The standard InChI is InChI=1S/C16H17ClIN4O2P.C2H6/c1-11-4-2-3-5-12(11)9-21-7-6-20(10-14(21)23)13-8-19-22(25-18)16(24)15(13)17;1-2/h2-5,8,25H,6-7,9-10H2,1H3;1-2H3. The van der Waals surface area contributed by atoms with Gasteiger partial charge in [-0.2, -0.15) is 5.10 Å². The predicted molar refractivity (Wildman–Crippen MR) is 121 cm³/mol. The maximum atomic E-state index is 12.6. The molecule has 9 heteroatoms. The molecule has 0 spiro atoms. The molecular formula is C18H23ClIN4O2P. The number of hydrogen-bond acceptors (Lipinski definition) is 4. The second-order valence-electron chi connectivity index (χ2n) is 5.81. The van der Waals surface area contributed by atoms with E-state index >= 15 is 0 Å². The summed E-state index contributed by atoms with van der Waals surface area (Å²) in [4.78, 5) is 28.4. The van der Waals surface area contributed by atoms with Crippen LogP contribution in [0.3, 0.4) is 0 Å². The highest BCUT2D eigenvalue weighted by atomic mass is 127. The Morgan fingerprint density at radius 3 is 2.56 bits per heavy atom. The van der Waals surface area contributed by atoms with E-state index in [1.165, 1.54) is 10.0 Å². The van der Waals surface area contributed by atoms with Gasteiger partial charge in [0.15, 0.2) is 0 Å². The van der Waals surface area contributed by atoms with Crippen LogP contribution < -0.4 is 10.5 Å². The molecule has 1 unspecified atom stereocenters. The number of nitrogens with zero attached hydrogens (tertiary/aromatic N) is 4. The normalized spacial score (nSPS) is 14.5. The first-order chi connectivity index (χ1) is 13.0. The van der Waals surface area contributed by atoms with E-state index in [1.807, 2.05) is 54.8 Å². The molecule has 1 aliphatic heterocycles. The van der Waals surface area contributed by atoms with Gasteiger partial charge in [0.05, 0.1) is 24.8 Å². The molecule has 1 saturated heterocycles. The molecule has 1 aromatic carbocycles. The van der Waals surface area contributed by atoms with E-state index in [0.29, 0.717) is 25.3 Å². The predicted octanol–water partition coefficient (Wildman–Crippen LogP) is 3.87. The Bertz CT molecular complexity index is 861. The highest BCUT2D eigenvalue weighted by molar-refractivity contribution is 14.2. The van der Waals surface area contributed by atoms with E-state index in [9.17, 15) is 9.59 Å².